The quantitative estimate of drug-likeness (QED) is 0.607. The minimum atomic E-state index is 0.865. The van der Waals surface area contributed by atoms with Gasteiger partial charge in [-0.25, -0.2) is 0 Å². The molecule has 0 bridgehead atoms. The molecule has 3 heteroatoms. The highest BCUT2D eigenvalue weighted by molar-refractivity contribution is 14.1. The molecule has 14 heavy (non-hydrogen) atoms. The van der Waals surface area contributed by atoms with Crippen molar-refractivity contribution in [3.8, 4) is 0 Å². The maximum atomic E-state index is 11.0. The summed E-state index contributed by atoms with van der Waals surface area (Å²) < 4.78 is 2.43. The number of carbonyl (C=O) groups excluding carboxylic acids is 1. The zero-order valence-corrected chi connectivity index (χ0v) is 10.7. The maximum Gasteiger partial charge on any atom is 0.150 e. The molecule has 0 atom stereocenters. The van der Waals surface area contributed by atoms with Crippen LogP contribution in [0.1, 0.15) is 22.8 Å². The number of fused-ring (bicyclic) bond motifs is 1. The second kappa shape index (κ2) is 3.98. The van der Waals surface area contributed by atoms with Crippen LogP contribution >= 0.6 is 33.9 Å². The van der Waals surface area contributed by atoms with E-state index in [-0.39, 0.29) is 0 Å². The molecular weight excluding hydrogens is 307 g/mol. The highest BCUT2D eigenvalue weighted by Crippen LogP contribution is 2.30. The first-order chi connectivity index (χ1) is 6.76. The lowest BCUT2D eigenvalue weighted by Gasteiger charge is -2.01. The van der Waals surface area contributed by atoms with Crippen molar-refractivity contribution in [2.75, 3.05) is 0 Å². The molecule has 0 aliphatic heterocycles. The summed E-state index contributed by atoms with van der Waals surface area (Å²) in [7, 11) is 0. The number of benzene rings is 1. The zero-order chi connectivity index (χ0) is 10.1. The Morgan fingerprint density at radius 3 is 2.93 bits per heavy atom. The van der Waals surface area contributed by atoms with E-state index >= 15 is 0 Å². The lowest BCUT2D eigenvalue weighted by molar-refractivity contribution is 0.112. The molecule has 0 radical (unpaired) electrons. The molecule has 1 heterocycles. The van der Waals surface area contributed by atoms with Crippen molar-refractivity contribution < 1.29 is 4.79 Å². The van der Waals surface area contributed by atoms with Gasteiger partial charge in [0.15, 0.2) is 6.29 Å². The molecule has 0 amide bonds. The molecule has 2 aromatic rings. The van der Waals surface area contributed by atoms with Crippen molar-refractivity contribution in [1.29, 1.82) is 0 Å². The molecule has 72 valence electrons. The van der Waals surface area contributed by atoms with Crippen LogP contribution in [0.25, 0.3) is 10.1 Å². The predicted octanol–water partition coefficient (Wildman–Crippen LogP) is 3.88. The predicted molar refractivity (Wildman–Crippen MR) is 69.3 cm³/mol. The Bertz CT molecular complexity index is 487. The van der Waals surface area contributed by atoms with Gasteiger partial charge in [0.2, 0.25) is 0 Å². The van der Waals surface area contributed by atoms with Crippen LogP contribution < -0.4 is 0 Å². The maximum absolute atomic E-state index is 11.0. The van der Waals surface area contributed by atoms with E-state index < -0.39 is 0 Å². The van der Waals surface area contributed by atoms with Gasteiger partial charge in [-0.15, -0.1) is 11.3 Å². The first-order valence-corrected chi connectivity index (χ1v) is 6.32. The Balaban J connectivity index is 2.82. The third kappa shape index (κ3) is 1.59. The van der Waals surface area contributed by atoms with Crippen LogP contribution in [0.15, 0.2) is 18.2 Å². The van der Waals surface area contributed by atoms with Crippen LogP contribution in [-0.2, 0) is 6.42 Å². The summed E-state index contributed by atoms with van der Waals surface area (Å²) in [5.74, 6) is 0. The summed E-state index contributed by atoms with van der Waals surface area (Å²) in [5, 5.41) is 1.11. The van der Waals surface area contributed by atoms with Gasteiger partial charge >= 0.3 is 0 Å². The second-order valence-electron chi connectivity index (χ2n) is 3.07. The van der Waals surface area contributed by atoms with Gasteiger partial charge < -0.3 is 0 Å². The highest BCUT2D eigenvalue weighted by Gasteiger charge is 2.08. The molecule has 0 unspecified atom stereocenters. The number of hydrogen-bond donors (Lipinski definition) is 0. The first kappa shape index (κ1) is 10.1. The lowest BCUT2D eigenvalue weighted by Crippen LogP contribution is -1.90. The number of carbonyl (C=O) groups is 1. The zero-order valence-electron chi connectivity index (χ0n) is 7.71. The fourth-order valence-corrected chi connectivity index (χ4v) is 3.42. The number of halogens is 1. The summed E-state index contributed by atoms with van der Waals surface area (Å²) >= 11 is 4.02. The Morgan fingerprint density at radius 2 is 2.29 bits per heavy atom. The standard InChI is InChI=1S/C11H9IOS/c1-2-7-3-4-10-8(9(7)6-13)5-11(12)14-10/h3-6H,2H2,1H3. The van der Waals surface area contributed by atoms with Gasteiger partial charge in [-0.05, 0) is 46.7 Å². The fraction of sp³-hybridized carbons (Fsp3) is 0.182. The Labute approximate surface area is 100 Å². The van der Waals surface area contributed by atoms with Crippen molar-refractivity contribution in [2.45, 2.75) is 13.3 Å². The van der Waals surface area contributed by atoms with Crippen LogP contribution in [0.5, 0.6) is 0 Å². The second-order valence-corrected chi connectivity index (χ2v) is 6.05. The average Bonchev–Trinajstić information content (AvgIpc) is 2.56. The minimum absolute atomic E-state index is 0.865. The van der Waals surface area contributed by atoms with Gasteiger partial charge in [0, 0.05) is 15.6 Å². The van der Waals surface area contributed by atoms with Crippen LogP contribution in [0.2, 0.25) is 0 Å². The normalized spacial score (nSPS) is 10.7. The van der Waals surface area contributed by atoms with Crippen molar-refractivity contribution in [1.82, 2.24) is 0 Å². The summed E-state index contributed by atoms with van der Waals surface area (Å²) in [6.45, 7) is 2.07. The third-order valence-corrected chi connectivity index (χ3v) is 4.16. The van der Waals surface area contributed by atoms with E-state index in [1.165, 1.54) is 7.58 Å². The summed E-state index contributed by atoms with van der Waals surface area (Å²) in [6.07, 6.45) is 1.89. The van der Waals surface area contributed by atoms with E-state index in [0.29, 0.717) is 0 Å². The van der Waals surface area contributed by atoms with Crippen molar-refractivity contribution in [3.63, 3.8) is 0 Å². The molecule has 0 spiro atoms. The van der Waals surface area contributed by atoms with E-state index in [4.69, 9.17) is 0 Å². The average molecular weight is 316 g/mol. The minimum Gasteiger partial charge on any atom is -0.298 e. The molecule has 0 aliphatic rings. The van der Waals surface area contributed by atoms with Gasteiger partial charge in [-0.3, -0.25) is 4.79 Å². The summed E-state index contributed by atoms with van der Waals surface area (Å²) in [6, 6.07) is 6.25. The Hall–Kier alpha value is -0.420. The first-order valence-electron chi connectivity index (χ1n) is 4.42. The van der Waals surface area contributed by atoms with Crippen LogP contribution in [0.4, 0.5) is 0 Å². The third-order valence-electron chi connectivity index (χ3n) is 2.30. The van der Waals surface area contributed by atoms with Crippen molar-refractivity contribution >= 4 is 50.3 Å². The molecule has 0 fully saturated rings. The fourth-order valence-electron chi connectivity index (χ4n) is 1.59. The Kier molecular flexibility index (Phi) is 2.88. The molecule has 2 rings (SSSR count). The van der Waals surface area contributed by atoms with Crippen molar-refractivity contribution in [2.24, 2.45) is 0 Å². The molecule has 0 saturated carbocycles. The molecule has 1 aromatic heterocycles. The smallest absolute Gasteiger partial charge is 0.150 e. The Morgan fingerprint density at radius 1 is 1.50 bits per heavy atom. The molecule has 0 N–H and O–H groups in total. The van der Waals surface area contributed by atoms with E-state index in [1.807, 2.05) is 0 Å². The summed E-state index contributed by atoms with van der Waals surface area (Å²) in [4.78, 5) is 11.0. The van der Waals surface area contributed by atoms with Crippen LogP contribution in [-0.4, -0.2) is 6.29 Å². The topological polar surface area (TPSA) is 17.1 Å². The monoisotopic (exact) mass is 316 g/mol. The van der Waals surface area contributed by atoms with E-state index in [9.17, 15) is 4.79 Å². The SMILES string of the molecule is CCc1ccc2sc(I)cc2c1C=O. The highest BCUT2D eigenvalue weighted by atomic mass is 127. The van der Waals surface area contributed by atoms with Gasteiger partial charge in [-0.1, -0.05) is 13.0 Å². The van der Waals surface area contributed by atoms with Crippen molar-refractivity contribution in [3.05, 3.63) is 32.2 Å². The number of thiophene rings is 1. The number of aldehydes is 1. The number of aryl methyl sites for hydroxylation is 1. The molecule has 0 saturated heterocycles. The van der Waals surface area contributed by atoms with Gasteiger partial charge in [0.1, 0.15) is 0 Å². The van der Waals surface area contributed by atoms with E-state index in [0.717, 1.165) is 29.2 Å². The lowest BCUT2D eigenvalue weighted by atomic mass is 10.0. The molecular formula is C11H9IOS. The largest absolute Gasteiger partial charge is 0.298 e. The van der Waals surface area contributed by atoms with E-state index in [1.54, 1.807) is 11.3 Å². The molecule has 1 aromatic carbocycles. The molecule has 0 aliphatic carbocycles. The van der Waals surface area contributed by atoms with Gasteiger partial charge in [-0.2, -0.15) is 0 Å². The van der Waals surface area contributed by atoms with E-state index in [2.05, 4.69) is 47.7 Å². The van der Waals surface area contributed by atoms with Gasteiger partial charge in [0.05, 0.1) is 2.88 Å². The number of rotatable bonds is 2. The summed E-state index contributed by atoms with van der Waals surface area (Å²) in [5.41, 5.74) is 2.01. The van der Waals surface area contributed by atoms with Gasteiger partial charge in [0.25, 0.3) is 0 Å². The molecule has 1 nitrogen and oxygen atoms in total. The van der Waals surface area contributed by atoms with Crippen LogP contribution in [0.3, 0.4) is 0 Å². The van der Waals surface area contributed by atoms with Crippen LogP contribution in [0, 0.1) is 2.88 Å². The number of hydrogen-bond acceptors (Lipinski definition) is 2.